The zero-order chi connectivity index (χ0) is 19.4. The van der Waals surface area contributed by atoms with E-state index in [1.54, 1.807) is 19.2 Å². The maximum atomic E-state index is 11.4. The van der Waals surface area contributed by atoms with Crippen molar-refractivity contribution in [2.75, 3.05) is 24.9 Å². The SMILES string of the molecule is COc1cccc(-c2nnc(SCCS(C)(=O)=O)n2-c2ccc(Cl)cc2)c1. The Kier molecular flexibility index (Phi) is 6.08. The van der Waals surface area contributed by atoms with Gasteiger partial charge in [-0.2, -0.15) is 0 Å². The van der Waals surface area contributed by atoms with Crippen LogP contribution in [-0.2, 0) is 9.84 Å². The molecular formula is C18H18ClN3O3S2. The van der Waals surface area contributed by atoms with Crippen LogP contribution in [0.5, 0.6) is 5.75 Å². The molecule has 3 aromatic rings. The van der Waals surface area contributed by atoms with Crippen molar-refractivity contribution in [1.29, 1.82) is 0 Å². The van der Waals surface area contributed by atoms with E-state index in [1.165, 1.54) is 18.0 Å². The van der Waals surface area contributed by atoms with Crippen LogP contribution in [0.4, 0.5) is 0 Å². The first-order chi connectivity index (χ1) is 12.9. The van der Waals surface area contributed by atoms with E-state index < -0.39 is 9.84 Å². The zero-order valence-corrected chi connectivity index (χ0v) is 17.2. The first-order valence-corrected chi connectivity index (χ1v) is 11.5. The third-order valence-electron chi connectivity index (χ3n) is 3.73. The van der Waals surface area contributed by atoms with Crippen molar-refractivity contribution in [2.45, 2.75) is 5.16 Å². The molecule has 0 radical (unpaired) electrons. The lowest BCUT2D eigenvalue weighted by Gasteiger charge is -2.11. The number of benzene rings is 2. The fourth-order valence-electron chi connectivity index (χ4n) is 2.42. The van der Waals surface area contributed by atoms with Crippen molar-refractivity contribution in [1.82, 2.24) is 14.8 Å². The predicted octanol–water partition coefficient (Wildman–Crippen LogP) is 3.73. The summed E-state index contributed by atoms with van der Waals surface area (Å²) in [5, 5.41) is 9.84. The summed E-state index contributed by atoms with van der Waals surface area (Å²) in [4.78, 5) is 0. The molecule has 0 N–H and O–H groups in total. The first kappa shape index (κ1) is 19.7. The monoisotopic (exact) mass is 423 g/mol. The summed E-state index contributed by atoms with van der Waals surface area (Å²) < 4.78 is 30.0. The van der Waals surface area contributed by atoms with Gasteiger partial charge in [-0.25, -0.2) is 8.42 Å². The van der Waals surface area contributed by atoms with Gasteiger partial charge in [-0.3, -0.25) is 4.57 Å². The van der Waals surface area contributed by atoms with Crippen molar-refractivity contribution in [3.63, 3.8) is 0 Å². The summed E-state index contributed by atoms with van der Waals surface area (Å²) in [6.07, 6.45) is 1.22. The summed E-state index contributed by atoms with van der Waals surface area (Å²) in [6.45, 7) is 0. The number of halogens is 1. The fourth-order valence-corrected chi connectivity index (χ4v) is 4.69. The van der Waals surface area contributed by atoms with Crippen molar-refractivity contribution in [3.05, 3.63) is 53.6 Å². The number of thioether (sulfide) groups is 1. The molecule has 1 heterocycles. The highest BCUT2D eigenvalue weighted by molar-refractivity contribution is 8.00. The lowest BCUT2D eigenvalue weighted by atomic mass is 10.2. The Labute approximate surface area is 167 Å². The molecule has 0 unspecified atom stereocenters. The van der Waals surface area contributed by atoms with E-state index in [-0.39, 0.29) is 5.75 Å². The number of ether oxygens (including phenoxy) is 1. The van der Waals surface area contributed by atoms with Gasteiger partial charge in [0.05, 0.1) is 12.9 Å². The van der Waals surface area contributed by atoms with Gasteiger partial charge < -0.3 is 4.74 Å². The van der Waals surface area contributed by atoms with Crippen molar-refractivity contribution in [2.24, 2.45) is 0 Å². The third kappa shape index (κ3) is 5.03. The van der Waals surface area contributed by atoms with Gasteiger partial charge in [0, 0.05) is 28.3 Å². The van der Waals surface area contributed by atoms with Crippen LogP contribution < -0.4 is 4.74 Å². The zero-order valence-electron chi connectivity index (χ0n) is 14.8. The van der Waals surface area contributed by atoms with Gasteiger partial charge in [-0.1, -0.05) is 35.5 Å². The Morgan fingerprint density at radius 1 is 1.15 bits per heavy atom. The molecule has 3 rings (SSSR count). The fraction of sp³-hybridized carbons (Fsp3) is 0.222. The van der Waals surface area contributed by atoms with Crippen LogP contribution in [0.3, 0.4) is 0 Å². The highest BCUT2D eigenvalue weighted by Crippen LogP contribution is 2.30. The van der Waals surface area contributed by atoms with E-state index in [1.807, 2.05) is 41.0 Å². The molecule has 0 saturated heterocycles. The molecule has 0 aliphatic carbocycles. The number of aromatic nitrogens is 3. The van der Waals surface area contributed by atoms with Crippen LogP contribution in [0.2, 0.25) is 5.02 Å². The first-order valence-electron chi connectivity index (χ1n) is 8.04. The van der Waals surface area contributed by atoms with Crippen LogP contribution in [0.15, 0.2) is 53.7 Å². The Balaban J connectivity index is 2.03. The van der Waals surface area contributed by atoms with Gasteiger partial charge in [-0.15, -0.1) is 10.2 Å². The molecule has 142 valence electrons. The second-order valence-corrected chi connectivity index (χ2v) is 9.59. The van der Waals surface area contributed by atoms with E-state index in [2.05, 4.69) is 10.2 Å². The molecule has 27 heavy (non-hydrogen) atoms. The Morgan fingerprint density at radius 2 is 1.89 bits per heavy atom. The number of hydrogen-bond acceptors (Lipinski definition) is 6. The van der Waals surface area contributed by atoms with Crippen LogP contribution in [0.25, 0.3) is 17.1 Å². The van der Waals surface area contributed by atoms with Crippen molar-refractivity contribution < 1.29 is 13.2 Å². The number of nitrogens with zero attached hydrogens (tertiary/aromatic N) is 3. The highest BCUT2D eigenvalue weighted by Gasteiger charge is 2.17. The Hall–Kier alpha value is -2.03. The minimum Gasteiger partial charge on any atom is -0.497 e. The number of sulfone groups is 1. The van der Waals surface area contributed by atoms with Gasteiger partial charge in [0.25, 0.3) is 0 Å². The Bertz CT molecular complexity index is 1030. The van der Waals surface area contributed by atoms with Crippen LogP contribution in [-0.4, -0.2) is 48.1 Å². The average Bonchev–Trinajstić information content (AvgIpc) is 3.05. The largest absolute Gasteiger partial charge is 0.497 e. The van der Waals surface area contributed by atoms with Crippen LogP contribution >= 0.6 is 23.4 Å². The molecule has 0 saturated carbocycles. The summed E-state index contributed by atoms with van der Waals surface area (Å²) in [5.41, 5.74) is 1.68. The molecule has 0 amide bonds. The summed E-state index contributed by atoms with van der Waals surface area (Å²) in [6, 6.07) is 14.9. The van der Waals surface area contributed by atoms with Crippen LogP contribution in [0.1, 0.15) is 0 Å². The molecular weight excluding hydrogens is 406 g/mol. The molecule has 9 heteroatoms. The molecule has 0 spiro atoms. The molecule has 2 aromatic carbocycles. The van der Waals surface area contributed by atoms with Gasteiger partial charge in [0.1, 0.15) is 15.6 Å². The van der Waals surface area contributed by atoms with E-state index in [0.29, 0.717) is 27.5 Å². The van der Waals surface area contributed by atoms with Gasteiger partial charge in [0.2, 0.25) is 0 Å². The summed E-state index contributed by atoms with van der Waals surface area (Å²) in [5.74, 6) is 1.81. The maximum absolute atomic E-state index is 11.4. The Morgan fingerprint density at radius 3 is 2.56 bits per heavy atom. The smallest absolute Gasteiger partial charge is 0.196 e. The normalized spacial score (nSPS) is 11.5. The minimum atomic E-state index is -3.04. The molecule has 0 aliphatic heterocycles. The van der Waals surface area contributed by atoms with E-state index >= 15 is 0 Å². The topological polar surface area (TPSA) is 74.1 Å². The number of rotatable bonds is 7. The molecule has 6 nitrogen and oxygen atoms in total. The van der Waals surface area contributed by atoms with Crippen molar-refractivity contribution >= 4 is 33.2 Å². The van der Waals surface area contributed by atoms with Crippen LogP contribution in [0, 0.1) is 0 Å². The summed E-state index contributed by atoms with van der Waals surface area (Å²) >= 11 is 7.36. The van der Waals surface area contributed by atoms with Gasteiger partial charge in [0.15, 0.2) is 11.0 Å². The quantitative estimate of drug-likeness (QED) is 0.539. The summed E-state index contributed by atoms with van der Waals surface area (Å²) in [7, 11) is -1.44. The van der Waals surface area contributed by atoms with E-state index in [9.17, 15) is 8.42 Å². The van der Waals surface area contributed by atoms with E-state index in [4.69, 9.17) is 16.3 Å². The van der Waals surface area contributed by atoms with Crippen molar-refractivity contribution in [3.8, 4) is 22.8 Å². The molecule has 0 bridgehead atoms. The molecule has 0 fully saturated rings. The average molecular weight is 424 g/mol. The molecule has 0 atom stereocenters. The van der Waals surface area contributed by atoms with E-state index in [0.717, 1.165) is 11.3 Å². The maximum Gasteiger partial charge on any atom is 0.196 e. The van der Waals surface area contributed by atoms with Gasteiger partial charge in [-0.05, 0) is 36.4 Å². The lowest BCUT2D eigenvalue weighted by molar-refractivity contribution is 0.415. The minimum absolute atomic E-state index is 0.0691. The standard InChI is InChI=1S/C18H18ClN3O3S2/c1-25-16-5-3-4-13(12-16)17-20-21-18(26-10-11-27(2,23)24)22(17)15-8-6-14(19)7-9-15/h3-9,12H,10-11H2,1-2H3. The predicted molar refractivity (Wildman–Crippen MR) is 109 cm³/mol. The molecule has 0 aliphatic rings. The third-order valence-corrected chi connectivity index (χ3v) is 6.12. The number of methoxy groups -OCH3 is 1. The molecule has 1 aromatic heterocycles. The second-order valence-electron chi connectivity index (χ2n) is 5.83. The number of hydrogen-bond donors (Lipinski definition) is 0. The lowest BCUT2D eigenvalue weighted by Crippen LogP contribution is -2.06. The highest BCUT2D eigenvalue weighted by atomic mass is 35.5. The second kappa shape index (κ2) is 8.33. The van der Waals surface area contributed by atoms with Gasteiger partial charge >= 0.3 is 0 Å².